The number of hydrogen-bond acceptors (Lipinski definition) is 5. The molecular weight excluding hydrogens is 296 g/mol. The summed E-state index contributed by atoms with van der Waals surface area (Å²) < 4.78 is 10.6. The lowest BCUT2D eigenvalue weighted by molar-refractivity contribution is -0.146. The SMILES string of the molecule is O=C(CCCc1nc2ccccc2c(=O)[nH]1)OCC1CCCO1. The van der Waals surface area contributed by atoms with Crippen molar-refractivity contribution in [1.82, 2.24) is 9.97 Å². The molecule has 1 unspecified atom stereocenters. The minimum atomic E-state index is -0.233. The van der Waals surface area contributed by atoms with E-state index < -0.39 is 0 Å². The Bertz CT molecular complexity index is 735. The normalized spacial score (nSPS) is 17.5. The van der Waals surface area contributed by atoms with Crippen molar-refractivity contribution in [2.75, 3.05) is 13.2 Å². The Balaban J connectivity index is 1.48. The highest BCUT2D eigenvalue weighted by molar-refractivity contribution is 5.77. The van der Waals surface area contributed by atoms with Crippen LogP contribution >= 0.6 is 0 Å². The van der Waals surface area contributed by atoms with E-state index in [9.17, 15) is 9.59 Å². The van der Waals surface area contributed by atoms with Crippen LogP contribution in [0.5, 0.6) is 0 Å². The molecule has 0 bridgehead atoms. The van der Waals surface area contributed by atoms with Gasteiger partial charge in [0.15, 0.2) is 0 Å². The summed E-state index contributed by atoms with van der Waals surface area (Å²) >= 11 is 0. The molecule has 1 aromatic carbocycles. The zero-order chi connectivity index (χ0) is 16.1. The number of fused-ring (bicyclic) bond motifs is 1. The van der Waals surface area contributed by atoms with Gasteiger partial charge in [0.05, 0.1) is 17.0 Å². The van der Waals surface area contributed by atoms with Crippen molar-refractivity contribution < 1.29 is 14.3 Å². The number of aryl methyl sites for hydroxylation is 1. The number of aromatic amines is 1. The predicted octanol–water partition coefficient (Wildman–Crippen LogP) is 1.97. The van der Waals surface area contributed by atoms with Crippen molar-refractivity contribution in [2.24, 2.45) is 0 Å². The molecule has 2 aromatic rings. The van der Waals surface area contributed by atoms with E-state index in [-0.39, 0.29) is 17.6 Å². The highest BCUT2D eigenvalue weighted by atomic mass is 16.6. The standard InChI is InChI=1S/C17H20N2O4/c20-16(23-11-12-5-4-10-22-12)9-3-8-15-18-14-7-2-1-6-13(14)17(21)19-15/h1-2,6-7,12H,3-5,8-11H2,(H,18,19,21). The molecule has 0 radical (unpaired) electrons. The highest BCUT2D eigenvalue weighted by Crippen LogP contribution is 2.12. The van der Waals surface area contributed by atoms with E-state index in [4.69, 9.17) is 9.47 Å². The maximum absolute atomic E-state index is 11.9. The molecule has 122 valence electrons. The van der Waals surface area contributed by atoms with Crippen LogP contribution in [-0.4, -0.2) is 35.3 Å². The van der Waals surface area contributed by atoms with Crippen LogP contribution in [0.2, 0.25) is 0 Å². The summed E-state index contributed by atoms with van der Waals surface area (Å²) in [5, 5.41) is 0.576. The Hall–Kier alpha value is -2.21. The molecule has 1 aliphatic heterocycles. The first-order valence-corrected chi connectivity index (χ1v) is 7.97. The fourth-order valence-corrected chi connectivity index (χ4v) is 2.69. The second-order valence-corrected chi connectivity index (χ2v) is 5.70. The molecule has 1 aliphatic rings. The number of rotatable bonds is 6. The van der Waals surface area contributed by atoms with Gasteiger partial charge in [-0.2, -0.15) is 0 Å². The van der Waals surface area contributed by atoms with Crippen LogP contribution in [0.1, 0.15) is 31.5 Å². The lowest BCUT2D eigenvalue weighted by Crippen LogP contribution is -2.18. The van der Waals surface area contributed by atoms with Gasteiger partial charge in [-0.1, -0.05) is 12.1 Å². The number of benzene rings is 1. The highest BCUT2D eigenvalue weighted by Gasteiger charge is 2.17. The average Bonchev–Trinajstić information content (AvgIpc) is 3.06. The lowest BCUT2D eigenvalue weighted by atomic mass is 10.2. The molecule has 6 nitrogen and oxygen atoms in total. The monoisotopic (exact) mass is 316 g/mol. The van der Waals surface area contributed by atoms with E-state index in [1.807, 2.05) is 18.2 Å². The van der Waals surface area contributed by atoms with Gasteiger partial charge in [0.2, 0.25) is 0 Å². The first-order valence-electron chi connectivity index (χ1n) is 7.97. The van der Waals surface area contributed by atoms with Crippen LogP contribution in [0.15, 0.2) is 29.1 Å². The van der Waals surface area contributed by atoms with E-state index >= 15 is 0 Å². The Morgan fingerprint density at radius 2 is 2.26 bits per heavy atom. The summed E-state index contributed by atoms with van der Waals surface area (Å²) in [6, 6.07) is 7.21. The van der Waals surface area contributed by atoms with Crippen molar-refractivity contribution >= 4 is 16.9 Å². The number of para-hydroxylation sites is 1. The summed E-state index contributed by atoms with van der Waals surface area (Å²) in [5.41, 5.74) is 0.527. The van der Waals surface area contributed by atoms with E-state index in [1.54, 1.807) is 6.07 Å². The number of carbonyl (C=O) groups is 1. The second kappa shape index (κ2) is 7.37. The molecule has 23 heavy (non-hydrogen) atoms. The Labute approximate surface area is 133 Å². The van der Waals surface area contributed by atoms with Crippen LogP contribution in [0.3, 0.4) is 0 Å². The Kier molecular flexibility index (Phi) is 5.02. The van der Waals surface area contributed by atoms with Crippen LogP contribution < -0.4 is 5.56 Å². The van der Waals surface area contributed by atoms with E-state index in [1.165, 1.54) is 0 Å². The summed E-state index contributed by atoms with van der Waals surface area (Å²) in [5.74, 6) is 0.365. The zero-order valence-electron chi connectivity index (χ0n) is 12.9. The summed E-state index contributed by atoms with van der Waals surface area (Å²) in [7, 11) is 0. The largest absolute Gasteiger partial charge is 0.463 e. The number of nitrogens with one attached hydrogen (secondary N) is 1. The number of hydrogen-bond donors (Lipinski definition) is 1. The molecule has 0 aliphatic carbocycles. The molecule has 1 fully saturated rings. The quantitative estimate of drug-likeness (QED) is 0.824. The topological polar surface area (TPSA) is 81.3 Å². The predicted molar refractivity (Wildman–Crippen MR) is 85.2 cm³/mol. The van der Waals surface area contributed by atoms with Crippen LogP contribution in [-0.2, 0) is 20.7 Å². The third kappa shape index (κ3) is 4.16. The molecule has 0 spiro atoms. The smallest absolute Gasteiger partial charge is 0.305 e. The third-order valence-electron chi connectivity index (χ3n) is 3.91. The van der Waals surface area contributed by atoms with E-state index in [0.717, 1.165) is 19.4 Å². The molecule has 1 N–H and O–H groups in total. The fraction of sp³-hybridized carbons (Fsp3) is 0.471. The molecule has 1 aromatic heterocycles. The van der Waals surface area contributed by atoms with Gasteiger partial charge in [-0.15, -0.1) is 0 Å². The minimum Gasteiger partial charge on any atom is -0.463 e. The number of ether oxygens (including phenoxy) is 2. The molecule has 6 heteroatoms. The zero-order valence-corrected chi connectivity index (χ0v) is 12.9. The van der Waals surface area contributed by atoms with Gasteiger partial charge < -0.3 is 14.5 Å². The van der Waals surface area contributed by atoms with Crippen molar-refractivity contribution in [3.63, 3.8) is 0 Å². The molecule has 2 heterocycles. The maximum Gasteiger partial charge on any atom is 0.305 e. The van der Waals surface area contributed by atoms with Gasteiger partial charge in [-0.25, -0.2) is 4.98 Å². The molecule has 3 rings (SSSR count). The van der Waals surface area contributed by atoms with Crippen molar-refractivity contribution in [3.05, 3.63) is 40.4 Å². The molecule has 1 atom stereocenters. The van der Waals surface area contributed by atoms with Crippen LogP contribution in [0.25, 0.3) is 10.9 Å². The van der Waals surface area contributed by atoms with Gasteiger partial charge in [0.1, 0.15) is 12.4 Å². The molecular formula is C17H20N2O4. The van der Waals surface area contributed by atoms with E-state index in [2.05, 4.69) is 9.97 Å². The van der Waals surface area contributed by atoms with Crippen molar-refractivity contribution in [1.29, 1.82) is 0 Å². The number of H-pyrrole nitrogens is 1. The number of carbonyl (C=O) groups excluding carboxylic acids is 1. The lowest BCUT2D eigenvalue weighted by Gasteiger charge is -2.10. The Morgan fingerprint density at radius 1 is 1.39 bits per heavy atom. The van der Waals surface area contributed by atoms with Crippen molar-refractivity contribution in [3.8, 4) is 0 Å². The number of nitrogens with zero attached hydrogens (tertiary/aromatic N) is 1. The second-order valence-electron chi connectivity index (χ2n) is 5.70. The van der Waals surface area contributed by atoms with Crippen LogP contribution in [0.4, 0.5) is 0 Å². The van der Waals surface area contributed by atoms with E-state index in [0.29, 0.717) is 42.6 Å². The fourth-order valence-electron chi connectivity index (χ4n) is 2.69. The van der Waals surface area contributed by atoms with Gasteiger partial charge >= 0.3 is 5.97 Å². The van der Waals surface area contributed by atoms with Gasteiger partial charge in [-0.3, -0.25) is 9.59 Å². The van der Waals surface area contributed by atoms with Gasteiger partial charge in [0, 0.05) is 19.4 Å². The first-order chi connectivity index (χ1) is 11.2. The minimum absolute atomic E-state index is 0.0532. The van der Waals surface area contributed by atoms with Crippen LogP contribution in [0, 0.1) is 0 Å². The molecule has 0 amide bonds. The number of esters is 1. The average molecular weight is 316 g/mol. The van der Waals surface area contributed by atoms with Gasteiger partial charge in [-0.05, 0) is 31.4 Å². The molecule has 1 saturated heterocycles. The maximum atomic E-state index is 11.9. The Morgan fingerprint density at radius 3 is 3.09 bits per heavy atom. The summed E-state index contributed by atoms with van der Waals surface area (Å²) in [6.07, 6.45) is 3.47. The molecule has 0 saturated carbocycles. The van der Waals surface area contributed by atoms with Crippen molar-refractivity contribution in [2.45, 2.75) is 38.2 Å². The number of aromatic nitrogens is 2. The third-order valence-corrected chi connectivity index (χ3v) is 3.91. The summed E-state index contributed by atoms with van der Waals surface area (Å²) in [6.45, 7) is 1.09. The summed E-state index contributed by atoms with van der Waals surface area (Å²) in [4.78, 5) is 30.8. The van der Waals surface area contributed by atoms with Gasteiger partial charge in [0.25, 0.3) is 5.56 Å². The first kappa shape index (κ1) is 15.7.